The summed E-state index contributed by atoms with van der Waals surface area (Å²) in [6.07, 6.45) is 0. The van der Waals surface area contributed by atoms with E-state index in [9.17, 15) is 31.1 Å². The van der Waals surface area contributed by atoms with Gasteiger partial charge < -0.3 is 0 Å². The monoisotopic (exact) mass is 290 g/mol. The molecule has 0 aromatic heterocycles. The maximum atomic E-state index is 13.4. The predicted octanol–water partition coefficient (Wildman–Crippen LogP) is 3.75. The summed E-state index contributed by atoms with van der Waals surface area (Å²) in [5.74, 6) is -10.9. The summed E-state index contributed by atoms with van der Waals surface area (Å²) >= 11 is 0. The molecule has 0 saturated heterocycles. The van der Waals surface area contributed by atoms with Gasteiger partial charge in [0.2, 0.25) is 0 Å². The van der Waals surface area contributed by atoms with E-state index in [-0.39, 0.29) is 12.1 Å². The SMILES string of the molecule is O=C(c1cc(F)c(F)c(F)c1)c1c(F)cc(F)cc1F. The van der Waals surface area contributed by atoms with Crippen molar-refractivity contribution < 1.29 is 31.1 Å². The van der Waals surface area contributed by atoms with Crippen LogP contribution in [0.4, 0.5) is 26.3 Å². The fourth-order valence-electron chi connectivity index (χ4n) is 1.59. The van der Waals surface area contributed by atoms with Crippen LogP contribution >= 0.6 is 0 Å². The first-order valence-corrected chi connectivity index (χ1v) is 5.15. The third-order valence-corrected chi connectivity index (χ3v) is 2.48. The Kier molecular flexibility index (Phi) is 3.52. The highest BCUT2D eigenvalue weighted by Crippen LogP contribution is 2.21. The Hall–Kier alpha value is -2.31. The van der Waals surface area contributed by atoms with Crippen LogP contribution < -0.4 is 0 Å². The molecule has 0 amide bonds. The van der Waals surface area contributed by atoms with Gasteiger partial charge in [0.25, 0.3) is 0 Å². The highest BCUT2D eigenvalue weighted by atomic mass is 19.2. The van der Waals surface area contributed by atoms with Crippen LogP contribution in [0.5, 0.6) is 0 Å². The lowest BCUT2D eigenvalue weighted by atomic mass is 10.0. The van der Waals surface area contributed by atoms with Crippen molar-refractivity contribution in [2.75, 3.05) is 0 Å². The van der Waals surface area contributed by atoms with Crippen LogP contribution in [0, 0.1) is 34.9 Å². The van der Waals surface area contributed by atoms with Crippen molar-refractivity contribution in [2.45, 2.75) is 0 Å². The van der Waals surface area contributed by atoms with Crippen molar-refractivity contribution in [2.24, 2.45) is 0 Å². The molecule has 0 atom stereocenters. The Morgan fingerprint density at radius 1 is 0.700 bits per heavy atom. The Bertz CT molecular complexity index is 664. The lowest BCUT2D eigenvalue weighted by Gasteiger charge is -2.06. The van der Waals surface area contributed by atoms with Crippen molar-refractivity contribution >= 4 is 5.78 Å². The topological polar surface area (TPSA) is 17.1 Å². The van der Waals surface area contributed by atoms with Gasteiger partial charge in [-0.3, -0.25) is 4.79 Å². The zero-order valence-electron chi connectivity index (χ0n) is 9.49. The molecule has 2 aromatic rings. The third-order valence-electron chi connectivity index (χ3n) is 2.48. The molecule has 0 aliphatic rings. The standard InChI is InChI=1S/C13H4F6O/c14-6-3-7(15)11(8(16)4-6)13(20)5-1-9(17)12(19)10(18)2-5/h1-4H. The molecule has 104 valence electrons. The molecule has 1 nitrogen and oxygen atoms in total. The molecule has 0 radical (unpaired) electrons. The van der Waals surface area contributed by atoms with Gasteiger partial charge in [-0.05, 0) is 12.1 Å². The van der Waals surface area contributed by atoms with E-state index >= 15 is 0 Å². The van der Waals surface area contributed by atoms with Gasteiger partial charge in [-0.25, -0.2) is 26.3 Å². The summed E-state index contributed by atoms with van der Waals surface area (Å²) < 4.78 is 78.1. The van der Waals surface area contributed by atoms with Crippen molar-refractivity contribution in [1.29, 1.82) is 0 Å². The number of halogens is 6. The van der Waals surface area contributed by atoms with Crippen LogP contribution in [0.2, 0.25) is 0 Å². The molecule has 0 unspecified atom stereocenters. The molecular formula is C13H4F6O. The van der Waals surface area contributed by atoms with Crippen LogP contribution in [0.25, 0.3) is 0 Å². The third kappa shape index (κ3) is 2.38. The minimum absolute atomic E-state index is 0.243. The Morgan fingerprint density at radius 2 is 1.15 bits per heavy atom. The Morgan fingerprint density at radius 3 is 1.60 bits per heavy atom. The van der Waals surface area contributed by atoms with Crippen molar-refractivity contribution in [1.82, 2.24) is 0 Å². The fraction of sp³-hybridized carbons (Fsp3) is 0. The first-order valence-electron chi connectivity index (χ1n) is 5.15. The first-order chi connectivity index (χ1) is 9.31. The zero-order valence-corrected chi connectivity index (χ0v) is 9.49. The van der Waals surface area contributed by atoms with E-state index in [4.69, 9.17) is 0 Å². The van der Waals surface area contributed by atoms with Crippen LogP contribution in [0.3, 0.4) is 0 Å². The number of ketones is 1. The molecule has 20 heavy (non-hydrogen) atoms. The average Bonchev–Trinajstić information content (AvgIpc) is 2.33. The normalized spacial score (nSPS) is 10.7. The van der Waals surface area contributed by atoms with E-state index in [2.05, 4.69) is 0 Å². The van der Waals surface area contributed by atoms with Gasteiger partial charge in [0.05, 0.1) is 5.56 Å². The fourth-order valence-corrected chi connectivity index (χ4v) is 1.59. The number of carbonyl (C=O) groups is 1. The molecule has 0 heterocycles. The van der Waals surface area contributed by atoms with Crippen molar-refractivity contribution in [3.05, 3.63) is 70.3 Å². The van der Waals surface area contributed by atoms with Gasteiger partial charge in [0.15, 0.2) is 23.2 Å². The maximum Gasteiger partial charge on any atom is 0.199 e. The zero-order chi connectivity index (χ0) is 15.0. The lowest BCUT2D eigenvalue weighted by molar-refractivity contribution is 0.103. The second-order valence-corrected chi connectivity index (χ2v) is 3.83. The van der Waals surface area contributed by atoms with Crippen molar-refractivity contribution in [3.8, 4) is 0 Å². The molecule has 0 aliphatic carbocycles. The van der Waals surface area contributed by atoms with E-state index in [1.165, 1.54) is 0 Å². The van der Waals surface area contributed by atoms with Gasteiger partial charge in [0.1, 0.15) is 17.5 Å². The number of benzene rings is 2. The molecule has 0 saturated carbocycles. The minimum atomic E-state index is -1.82. The van der Waals surface area contributed by atoms with Gasteiger partial charge in [-0.2, -0.15) is 0 Å². The van der Waals surface area contributed by atoms with E-state index < -0.39 is 51.8 Å². The molecule has 2 aromatic carbocycles. The van der Waals surface area contributed by atoms with Gasteiger partial charge in [-0.1, -0.05) is 0 Å². The first kappa shape index (κ1) is 14.1. The van der Waals surface area contributed by atoms with Crippen LogP contribution in [-0.4, -0.2) is 5.78 Å². The quantitative estimate of drug-likeness (QED) is 0.467. The van der Waals surface area contributed by atoms with Crippen LogP contribution in [-0.2, 0) is 0 Å². The number of hydrogen-bond acceptors (Lipinski definition) is 1. The molecule has 2 rings (SSSR count). The number of hydrogen-bond donors (Lipinski definition) is 0. The van der Waals surface area contributed by atoms with E-state index in [1.54, 1.807) is 0 Å². The summed E-state index contributed by atoms with van der Waals surface area (Å²) in [4.78, 5) is 11.8. The maximum absolute atomic E-state index is 13.4. The van der Waals surface area contributed by atoms with Gasteiger partial charge in [-0.15, -0.1) is 0 Å². The molecule has 0 N–H and O–H groups in total. The molecule has 0 fully saturated rings. The number of carbonyl (C=O) groups excluding carboxylic acids is 1. The smallest absolute Gasteiger partial charge is 0.199 e. The Labute approximate surface area is 108 Å². The molecule has 0 spiro atoms. The van der Waals surface area contributed by atoms with Crippen molar-refractivity contribution in [3.63, 3.8) is 0 Å². The van der Waals surface area contributed by atoms with Gasteiger partial charge in [0, 0.05) is 17.7 Å². The second kappa shape index (κ2) is 4.99. The molecule has 7 heteroatoms. The summed E-state index contributed by atoms with van der Waals surface area (Å²) in [6.45, 7) is 0. The highest BCUT2D eigenvalue weighted by molar-refractivity contribution is 6.09. The van der Waals surface area contributed by atoms with Gasteiger partial charge >= 0.3 is 0 Å². The van der Waals surface area contributed by atoms with Crippen LogP contribution in [0.1, 0.15) is 15.9 Å². The van der Waals surface area contributed by atoms with Crippen LogP contribution in [0.15, 0.2) is 24.3 Å². The minimum Gasteiger partial charge on any atom is -0.288 e. The second-order valence-electron chi connectivity index (χ2n) is 3.83. The Balaban J connectivity index is 2.58. The molecule has 0 aliphatic heterocycles. The average molecular weight is 290 g/mol. The summed E-state index contributed by atoms with van der Waals surface area (Å²) in [5, 5.41) is 0. The number of rotatable bonds is 2. The summed E-state index contributed by atoms with van der Waals surface area (Å²) in [7, 11) is 0. The summed E-state index contributed by atoms with van der Waals surface area (Å²) in [6, 6.07) is 1.07. The molecule has 0 bridgehead atoms. The molecular weight excluding hydrogens is 286 g/mol. The predicted molar refractivity (Wildman–Crippen MR) is 56.1 cm³/mol. The van der Waals surface area contributed by atoms with E-state index in [0.717, 1.165) is 0 Å². The highest BCUT2D eigenvalue weighted by Gasteiger charge is 2.23. The largest absolute Gasteiger partial charge is 0.288 e. The lowest BCUT2D eigenvalue weighted by Crippen LogP contribution is -2.10. The van der Waals surface area contributed by atoms with E-state index in [0.29, 0.717) is 12.1 Å². The van der Waals surface area contributed by atoms with E-state index in [1.807, 2.05) is 0 Å². The summed E-state index contributed by atoms with van der Waals surface area (Å²) in [5.41, 5.74) is -1.98.